The first-order valence-electron chi connectivity index (χ1n) is 11.8. The van der Waals surface area contributed by atoms with Gasteiger partial charge < -0.3 is 25.8 Å². The third-order valence-electron chi connectivity index (χ3n) is 6.05. The number of nitrogens with one attached hydrogen (secondary N) is 2. The third-order valence-corrected chi connectivity index (χ3v) is 6.05. The van der Waals surface area contributed by atoms with Crippen LogP contribution < -0.4 is 15.8 Å². The highest BCUT2D eigenvalue weighted by molar-refractivity contribution is 5.95. The predicted molar refractivity (Wildman–Crippen MR) is 133 cm³/mol. The van der Waals surface area contributed by atoms with E-state index in [4.69, 9.17) is 15.9 Å². The van der Waals surface area contributed by atoms with Crippen molar-refractivity contribution in [2.75, 3.05) is 25.0 Å². The fourth-order valence-electron chi connectivity index (χ4n) is 4.21. The Morgan fingerprint density at radius 1 is 1.18 bits per heavy atom. The Bertz CT molecular complexity index is 1030. The summed E-state index contributed by atoms with van der Waals surface area (Å²) in [5.41, 5.74) is 9.08. The van der Waals surface area contributed by atoms with E-state index in [0.29, 0.717) is 29.0 Å². The third kappa shape index (κ3) is 6.07. The number of rotatable bonds is 11. The second-order valence-corrected chi connectivity index (χ2v) is 8.56. The Hall–Kier alpha value is -3.55. The predicted octanol–water partition coefficient (Wildman–Crippen LogP) is 3.72. The van der Waals surface area contributed by atoms with E-state index >= 15 is 0 Å². The molecule has 0 radical (unpaired) electrons. The van der Waals surface area contributed by atoms with Crippen molar-refractivity contribution in [2.24, 2.45) is 5.73 Å². The molecule has 2 aromatic carbocycles. The Kier molecular flexibility index (Phi) is 8.51. The molecule has 0 spiro atoms. The largest absolute Gasteiger partial charge is 0.483 e. The van der Waals surface area contributed by atoms with Gasteiger partial charge in [0.05, 0.1) is 0 Å². The molecule has 1 atom stereocenters. The van der Waals surface area contributed by atoms with E-state index in [1.54, 1.807) is 29.2 Å². The van der Waals surface area contributed by atoms with Crippen LogP contribution in [0.2, 0.25) is 0 Å². The van der Waals surface area contributed by atoms with E-state index in [1.165, 1.54) is 0 Å². The number of aryl methyl sites for hydroxylation is 2. The van der Waals surface area contributed by atoms with Gasteiger partial charge in [-0.3, -0.25) is 10.2 Å². The molecule has 1 saturated heterocycles. The quantitative estimate of drug-likeness (QED) is 0.295. The summed E-state index contributed by atoms with van der Waals surface area (Å²) in [5, 5.41) is 20.8. The standard InChI is InChI=1S/C26H34N4O4/c1-3-7-19-14-17(4-2)15-21(24(19)34-16-22(31)30-12-5-6-13-30)23(26(32)33)29-20-10-8-18(9-11-20)25(27)28/h8-11,14-15,23,29H,3-7,12-13,16H2,1-2H3,(H3,27,28)(H,32,33). The highest BCUT2D eigenvalue weighted by Crippen LogP contribution is 2.34. The van der Waals surface area contributed by atoms with Gasteiger partial charge in [0.15, 0.2) is 12.6 Å². The van der Waals surface area contributed by atoms with Crippen LogP contribution in [0.5, 0.6) is 5.75 Å². The zero-order chi connectivity index (χ0) is 24.7. The van der Waals surface area contributed by atoms with Gasteiger partial charge in [-0.25, -0.2) is 4.79 Å². The van der Waals surface area contributed by atoms with Gasteiger partial charge in [0, 0.05) is 29.9 Å². The number of carboxylic acids is 1. The first-order chi connectivity index (χ1) is 16.3. The number of amidine groups is 1. The number of benzene rings is 2. The lowest BCUT2D eigenvalue weighted by Gasteiger charge is -2.24. The van der Waals surface area contributed by atoms with E-state index in [-0.39, 0.29) is 18.3 Å². The van der Waals surface area contributed by atoms with Crippen LogP contribution in [0.15, 0.2) is 36.4 Å². The lowest BCUT2D eigenvalue weighted by atomic mass is 9.95. The Morgan fingerprint density at radius 3 is 2.41 bits per heavy atom. The highest BCUT2D eigenvalue weighted by atomic mass is 16.5. The summed E-state index contributed by atoms with van der Waals surface area (Å²) in [6.45, 7) is 5.44. The molecular weight excluding hydrogens is 432 g/mol. The zero-order valence-electron chi connectivity index (χ0n) is 19.9. The number of nitrogen functional groups attached to an aromatic ring is 1. The molecular formula is C26H34N4O4. The number of aliphatic carboxylic acids is 1. The molecule has 5 N–H and O–H groups in total. The monoisotopic (exact) mass is 466 g/mol. The SMILES string of the molecule is CCCc1cc(CC)cc(C(Nc2ccc(C(=N)N)cc2)C(=O)O)c1OCC(=O)N1CCCC1. The Morgan fingerprint density at radius 2 is 1.85 bits per heavy atom. The average molecular weight is 467 g/mol. The molecule has 1 aliphatic heterocycles. The fraction of sp³-hybridized carbons (Fsp3) is 0.423. The maximum Gasteiger partial charge on any atom is 0.330 e. The van der Waals surface area contributed by atoms with Crippen molar-refractivity contribution in [2.45, 2.75) is 52.0 Å². The molecule has 0 aromatic heterocycles. The molecule has 1 fully saturated rings. The molecule has 182 valence electrons. The molecule has 0 saturated carbocycles. The number of hydrogen-bond acceptors (Lipinski definition) is 5. The van der Waals surface area contributed by atoms with Crippen molar-refractivity contribution >= 4 is 23.4 Å². The molecule has 0 bridgehead atoms. The van der Waals surface area contributed by atoms with Crippen molar-refractivity contribution < 1.29 is 19.4 Å². The number of nitrogens with zero attached hydrogens (tertiary/aromatic N) is 1. The summed E-state index contributed by atoms with van der Waals surface area (Å²) in [7, 11) is 0. The summed E-state index contributed by atoms with van der Waals surface area (Å²) in [6.07, 6.45) is 4.32. The second-order valence-electron chi connectivity index (χ2n) is 8.56. The second kappa shape index (κ2) is 11.5. The van der Waals surface area contributed by atoms with Gasteiger partial charge in [0.1, 0.15) is 11.6 Å². The van der Waals surface area contributed by atoms with Crippen molar-refractivity contribution in [1.29, 1.82) is 5.41 Å². The van der Waals surface area contributed by atoms with Gasteiger partial charge in [-0.05, 0) is 67.1 Å². The van der Waals surface area contributed by atoms with Gasteiger partial charge in [-0.1, -0.05) is 26.3 Å². The van der Waals surface area contributed by atoms with Gasteiger partial charge in [-0.15, -0.1) is 0 Å². The number of hydrogen-bond donors (Lipinski definition) is 4. The van der Waals surface area contributed by atoms with Crippen LogP contribution in [0, 0.1) is 5.41 Å². The molecule has 1 heterocycles. The minimum absolute atomic E-state index is 0.0560. The number of likely N-dealkylation sites (tertiary alicyclic amines) is 1. The molecule has 2 aromatic rings. The van der Waals surface area contributed by atoms with Crippen LogP contribution in [0.1, 0.15) is 61.4 Å². The first kappa shape index (κ1) is 25.1. The van der Waals surface area contributed by atoms with Gasteiger partial charge in [0.2, 0.25) is 0 Å². The molecule has 0 aliphatic carbocycles. The summed E-state index contributed by atoms with van der Waals surface area (Å²) in [4.78, 5) is 26.8. The van der Waals surface area contributed by atoms with E-state index in [2.05, 4.69) is 12.2 Å². The lowest BCUT2D eigenvalue weighted by molar-refractivity contribution is -0.138. The average Bonchev–Trinajstić information content (AvgIpc) is 3.36. The summed E-state index contributed by atoms with van der Waals surface area (Å²) in [5.74, 6) is -0.724. The first-order valence-corrected chi connectivity index (χ1v) is 11.8. The minimum Gasteiger partial charge on any atom is -0.483 e. The normalized spacial score (nSPS) is 14.0. The van der Waals surface area contributed by atoms with Crippen LogP contribution in [-0.2, 0) is 22.4 Å². The van der Waals surface area contributed by atoms with Crippen LogP contribution >= 0.6 is 0 Å². The molecule has 8 nitrogen and oxygen atoms in total. The highest BCUT2D eigenvalue weighted by Gasteiger charge is 2.27. The minimum atomic E-state index is -1.08. The number of anilines is 1. The molecule has 1 unspecified atom stereocenters. The van der Waals surface area contributed by atoms with E-state index < -0.39 is 12.0 Å². The summed E-state index contributed by atoms with van der Waals surface area (Å²) in [6, 6.07) is 9.54. The molecule has 8 heteroatoms. The number of carbonyl (C=O) groups is 2. The van der Waals surface area contributed by atoms with Crippen LogP contribution in [0.4, 0.5) is 5.69 Å². The topological polar surface area (TPSA) is 129 Å². The van der Waals surface area contributed by atoms with Gasteiger partial charge >= 0.3 is 5.97 Å². The fourth-order valence-corrected chi connectivity index (χ4v) is 4.21. The maximum absolute atomic E-state index is 12.6. The molecule has 1 amide bonds. The van der Waals surface area contributed by atoms with Crippen molar-refractivity contribution in [3.63, 3.8) is 0 Å². The molecule has 1 aliphatic rings. The summed E-state index contributed by atoms with van der Waals surface area (Å²) < 4.78 is 6.07. The number of carbonyl (C=O) groups excluding carboxylic acids is 1. The van der Waals surface area contributed by atoms with E-state index in [9.17, 15) is 14.7 Å². The van der Waals surface area contributed by atoms with Crippen LogP contribution in [-0.4, -0.2) is 47.4 Å². The maximum atomic E-state index is 12.6. The zero-order valence-corrected chi connectivity index (χ0v) is 19.9. The number of ether oxygens (including phenoxy) is 1. The molecule has 34 heavy (non-hydrogen) atoms. The van der Waals surface area contributed by atoms with E-state index in [0.717, 1.165) is 49.9 Å². The lowest BCUT2D eigenvalue weighted by Crippen LogP contribution is -2.32. The Labute approximate surface area is 200 Å². The van der Waals surface area contributed by atoms with Gasteiger partial charge in [-0.2, -0.15) is 0 Å². The van der Waals surface area contributed by atoms with Crippen LogP contribution in [0.25, 0.3) is 0 Å². The van der Waals surface area contributed by atoms with Crippen molar-refractivity contribution in [3.05, 3.63) is 58.7 Å². The van der Waals surface area contributed by atoms with E-state index in [1.807, 2.05) is 19.1 Å². The van der Waals surface area contributed by atoms with Crippen molar-refractivity contribution in [1.82, 2.24) is 4.90 Å². The van der Waals surface area contributed by atoms with Gasteiger partial charge in [0.25, 0.3) is 5.91 Å². The number of carboxylic acid groups (broad SMARTS) is 1. The Balaban J connectivity index is 1.96. The van der Waals surface area contributed by atoms with Crippen LogP contribution in [0.3, 0.4) is 0 Å². The smallest absolute Gasteiger partial charge is 0.330 e. The summed E-state index contributed by atoms with van der Waals surface area (Å²) >= 11 is 0. The van der Waals surface area contributed by atoms with Crippen molar-refractivity contribution in [3.8, 4) is 5.75 Å². The number of amides is 1. The number of nitrogens with two attached hydrogens (primary N) is 1. The molecule has 3 rings (SSSR count).